The largest absolute Gasteiger partial charge is 0.329 e. The maximum Gasteiger partial charge on any atom is 0.175 e. The van der Waals surface area contributed by atoms with E-state index in [0.717, 1.165) is 4.90 Å². The summed E-state index contributed by atoms with van der Waals surface area (Å²) in [5.74, 6) is 0. The van der Waals surface area contributed by atoms with E-state index < -0.39 is 9.84 Å². The molecular formula is C15H17NO2S2. The molecular weight excluding hydrogens is 290 g/mol. The summed E-state index contributed by atoms with van der Waals surface area (Å²) in [4.78, 5) is 1.35. The van der Waals surface area contributed by atoms with Crippen LogP contribution in [0.1, 0.15) is 10.8 Å². The lowest BCUT2D eigenvalue weighted by molar-refractivity contribution is 0.602. The van der Waals surface area contributed by atoms with Gasteiger partial charge in [0.05, 0.1) is 4.90 Å². The Morgan fingerprint density at radius 1 is 1.05 bits per heavy atom. The Hall–Kier alpha value is -1.30. The van der Waals surface area contributed by atoms with E-state index in [4.69, 9.17) is 5.73 Å². The molecule has 0 saturated carbocycles. The Balaban J connectivity index is 2.17. The van der Waals surface area contributed by atoms with Crippen LogP contribution in [-0.2, 0) is 9.84 Å². The van der Waals surface area contributed by atoms with Crippen LogP contribution in [0.5, 0.6) is 0 Å². The van der Waals surface area contributed by atoms with E-state index in [1.165, 1.54) is 11.8 Å². The Kier molecular flexibility index (Phi) is 4.86. The number of benzene rings is 2. The van der Waals surface area contributed by atoms with Crippen LogP contribution >= 0.6 is 11.8 Å². The Labute approximate surface area is 124 Å². The van der Waals surface area contributed by atoms with E-state index in [9.17, 15) is 8.42 Å². The van der Waals surface area contributed by atoms with Gasteiger partial charge >= 0.3 is 0 Å². The molecule has 0 radical (unpaired) electrons. The summed E-state index contributed by atoms with van der Waals surface area (Å²) in [6.07, 6.45) is 1.21. The monoisotopic (exact) mass is 307 g/mol. The number of sulfone groups is 1. The molecule has 5 heteroatoms. The standard InChI is InChI=1S/C15H17NO2S2/c1-20(17,18)14-9-7-13(8-10-14)19-15(11-16)12-5-3-2-4-6-12/h2-10,15H,11,16H2,1H3. The van der Waals surface area contributed by atoms with Crippen molar-refractivity contribution >= 4 is 21.6 Å². The maximum atomic E-state index is 11.4. The van der Waals surface area contributed by atoms with Crippen molar-refractivity contribution in [2.45, 2.75) is 15.0 Å². The van der Waals surface area contributed by atoms with Gasteiger partial charge in [-0.1, -0.05) is 30.3 Å². The van der Waals surface area contributed by atoms with Crippen LogP contribution in [0.25, 0.3) is 0 Å². The first kappa shape index (κ1) is 15.1. The molecule has 0 bridgehead atoms. The zero-order valence-electron chi connectivity index (χ0n) is 11.2. The predicted octanol–water partition coefficient (Wildman–Crippen LogP) is 2.88. The zero-order valence-corrected chi connectivity index (χ0v) is 12.8. The molecule has 0 aliphatic rings. The molecule has 20 heavy (non-hydrogen) atoms. The van der Waals surface area contributed by atoms with Gasteiger partial charge in [-0.3, -0.25) is 0 Å². The molecule has 3 nitrogen and oxygen atoms in total. The first-order valence-electron chi connectivity index (χ1n) is 6.22. The average molecular weight is 307 g/mol. The highest BCUT2D eigenvalue weighted by atomic mass is 32.2. The third-order valence-corrected chi connectivity index (χ3v) is 5.34. The Morgan fingerprint density at radius 3 is 2.15 bits per heavy atom. The van der Waals surface area contributed by atoms with E-state index in [-0.39, 0.29) is 5.25 Å². The van der Waals surface area contributed by atoms with Gasteiger partial charge in [-0.2, -0.15) is 0 Å². The van der Waals surface area contributed by atoms with Crippen molar-refractivity contribution in [3.63, 3.8) is 0 Å². The second-order valence-corrected chi connectivity index (χ2v) is 7.79. The maximum absolute atomic E-state index is 11.4. The van der Waals surface area contributed by atoms with Gasteiger partial charge in [0.25, 0.3) is 0 Å². The number of hydrogen-bond donors (Lipinski definition) is 1. The van der Waals surface area contributed by atoms with Crippen LogP contribution < -0.4 is 5.73 Å². The molecule has 0 amide bonds. The predicted molar refractivity (Wildman–Crippen MR) is 83.6 cm³/mol. The summed E-state index contributed by atoms with van der Waals surface area (Å²) in [6, 6.07) is 17.0. The molecule has 1 unspecified atom stereocenters. The second kappa shape index (κ2) is 6.43. The summed E-state index contributed by atoms with van der Waals surface area (Å²) in [7, 11) is -3.14. The smallest absolute Gasteiger partial charge is 0.175 e. The fraction of sp³-hybridized carbons (Fsp3) is 0.200. The van der Waals surface area contributed by atoms with Crippen molar-refractivity contribution in [1.29, 1.82) is 0 Å². The Bertz CT molecular complexity index is 652. The van der Waals surface area contributed by atoms with Crippen LogP contribution in [-0.4, -0.2) is 21.2 Å². The van der Waals surface area contributed by atoms with Crippen LogP contribution in [0, 0.1) is 0 Å². The normalized spacial score (nSPS) is 13.1. The Morgan fingerprint density at radius 2 is 1.65 bits per heavy atom. The van der Waals surface area contributed by atoms with Gasteiger partial charge in [0.2, 0.25) is 0 Å². The van der Waals surface area contributed by atoms with E-state index >= 15 is 0 Å². The molecule has 0 spiro atoms. The van der Waals surface area contributed by atoms with Crippen molar-refractivity contribution in [3.05, 3.63) is 60.2 Å². The van der Waals surface area contributed by atoms with Gasteiger partial charge < -0.3 is 5.73 Å². The van der Waals surface area contributed by atoms with Crippen LogP contribution in [0.3, 0.4) is 0 Å². The van der Waals surface area contributed by atoms with Gasteiger partial charge in [-0.05, 0) is 29.8 Å². The number of nitrogens with two attached hydrogens (primary N) is 1. The summed E-state index contributed by atoms with van der Waals surface area (Å²) in [5.41, 5.74) is 7.01. The molecule has 2 rings (SSSR count). The van der Waals surface area contributed by atoms with Crippen LogP contribution in [0.4, 0.5) is 0 Å². The highest BCUT2D eigenvalue weighted by Gasteiger charge is 2.12. The molecule has 0 aliphatic heterocycles. The minimum absolute atomic E-state index is 0.167. The molecule has 0 heterocycles. The zero-order chi connectivity index (χ0) is 14.6. The number of thioether (sulfide) groups is 1. The van der Waals surface area contributed by atoms with Crippen molar-refractivity contribution < 1.29 is 8.42 Å². The fourth-order valence-corrected chi connectivity index (χ4v) is 3.49. The summed E-state index contributed by atoms with van der Waals surface area (Å²) < 4.78 is 22.8. The summed E-state index contributed by atoms with van der Waals surface area (Å²) in [5, 5.41) is 0.167. The summed E-state index contributed by atoms with van der Waals surface area (Å²) >= 11 is 1.64. The minimum atomic E-state index is -3.14. The van der Waals surface area contributed by atoms with Crippen molar-refractivity contribution in [2.75, 3.05) is 12.8 Å². The second-order valence-electron chi connectivity index (χ2n) is 4.50. The van der Waals surface area contributed by atoms with E-state index in [1.54, 1.807) is 23.9 Å². The van der Waals surface area contributed by atoms with E-state index in [2.05, 4.69) is 12.1 Å². The molecule has 0 fully saturated rings. The van der Waals surface area contributed by atoms with E-state index in [0.29, 0.717) is 11.4 Å². The first-order valence-corrected chi connectivity index (χ1v) is 8.99. The minimum Gasteiger partial charge on any atom is -0.329 e. The van der Waals surface area contributed by atoms with Crippen molar-refractivity contribution in [2.24, 2.45) is 5.73 Å². The van der Waals surface area contributed by atoms with Gasteiger partial charge in [0.15, 0.2) is 9.84 Å². The summed E-state index contributed by atoms with van der Waals surface area (Å²) in [6.45, 7) is 0.530. The van der Waals surface area contributed by atoms with Gasteiger partial charge in [-0.15, -0.1) is 11.8 Å². The van der Waals surface area contributed by atoms with Crippen LogP contribution in [0.2, 0.25) is 0 Å². The highest BCUT2D eigenvalue weighted by molar-refractivity contribution is 7.99. The van der Waals surface area contributed by atoms with Crippen molar-refractivity contribution in [3.8, 4) is 0 Å². The average Bonchev–Trinajstić information content (AvgIpc) is 2.45. The third kappa shape index (κ3) is 3.85. The topological polar surface area (TPSA) is 60.2 Å². The lowest BCUT2D eigenvalue weighted by atomic mass is 10.1. The van der Waals surface area contributed by atoms with E-state index in [1.807, 2.05) is 30.3 Å². The number of rotatable bonds is 5. The molecule has 0 aromatic heterocycles. The molecule has 106 valence electrons. The quantitative estimate of drug-likeness (QED) is 0.863. The highest BCUT2D eigenvalue weighted by Crippen LogP contribution is 2.34. The molecule has 0 saturated heterocycles. The lowest BCUT2D eigenvalue weighted by Gasteiger charge is -2.15. The third-order valence-electron chi connectivity index (χ3n) is 2.92. The molecule has 1 atom stereocenters. The lowest BCUT2D eigenvalue weighted by Crippen LogP contribution is -2.09. The molecule has 2 aromatic carbocycles. The molecule has 2 aromatic rings. The van der Waals surface area contributed by atoms with Gasteiger partial charge in [0.1, 0.15) is 0 Å². The van der Waals surface area contributed by atoms with Gasteiger partial charge in [0, 0.05) is 22.9 Å². The first-order chi connectivity index (χ1) is 9.50. The fourth-order valence-electron chi connectivity index (χ4n) is 1.85. The molecule has 0 aliphatic carbocycles. The van der Waals surface area contributed by atoms with Gasteiger partial charge in [-0.25, -0.2) is 8.42 Å². The van der Waals surface area contributed by atoms with Crippen LogP contribution in [0.15, 0.2) is 64.4 Å². The SMILES string of the molecule is CS(=O)(=O)c1ccc(SC(CN)c2ccccc2)cc1. The van der Waals surface area contributed by atoms with Crippen molar-refractivity contribution in [1.82, 2.24) is 0 Å². The number of hydrogen-bond acceptors (Lipinski definition) is 4. The molecule has 2 N–H and O–H groups in total.